The normalized spacial score (nSPS) is 12.2. The number of hydrogen-bond acceptors (Lipinski definition) is 4. The molecule has 2 rings (SSSR count). The number of carbonyl (C=O) groups is 1. The number of rotatable bonds is 7. The summed E-state index contributed by atoms with van der Waals surface area (Å²) in [6, 6.07) is 4.15. The maximum Gasteiger partial charge on any atom is 0.255 e. The highest BCUT2D eigenvalue weighted by atomic mass is 35.5. The zero-order valence-corrected chi connectivity index (χ0v) is 13.2. The van der Waals surface area contributed by atoms with Gasteiger partial charge in [0.25, 0.3) is 5.91 Å². The number of aromatic amines is 1. The van der Waals surface area contributed by atoms with E-state index in [2.05, 4.69) is 15.5 Å². The Balaban J connectivity index is 2.05. The van der Waals surface area contributed by atoms with Crippen LogP contribution >= 0.6 is 11.6 Å². The molecule has 1 unspecified atom stereocenters. The van der Waals surface area contributed by atoms with Gasteiger partial charge in [0.15, 0.2) is 0 Å². The quantitative estimate of drug-likeness (QED) is 0.718. The van der Waals surface area contributed by atoms with Gasteiger partial charge in [-0.3, -0.25) is 9.89 Å². The summed E-state index contributed by atoms with van der Waals surface area (Å²) in [7, 11) is 1.49. The van der Waals surface area contributed by atoms with E-state index in [-0.39, 0.29) is 24.1 Å². The molecule has 0 saturated carbocycles. The van der Waals surface area contributed by atoms with Crippen molar-refractivity contribution in [1.29, 1.82) is 0 Å². The van der Waals surface area contributed by atoms with Crippen molar-refractivity contribution in [3.63, 3.8) is 0 Å². The molecule has 124 valence electrons. The fourth-order valence-electron chi connectivity index (χ4n) is 2.05. The number of H-pyrrole nitrogens is 1. The Morgan fingerprint density at radius 2 is 2.35 bits per heavy atom. The minimum Gasteiger partial charge on any atom is -0.391 e. The van der Waals surface area contributed by atoms with Crippen LogP contribution in [0.2, 0.25) is 5.02 Å². The maximum atomic E-state index is 13.2. The molecule has 0 aliphatic heterocycles. The monoisotopic (exact) mass is 341 g/mol. The van der Waals surface area contributed by atoms with Crippen LogP contribution in [0.1, 0.15) is 16.8 Å². The molecule has 2 aromatic rings. The minimum atomic E-state index is -0.639. The zero-order chi connectivity index (χ0) is 16.8. The molecule has 0 aliphatic carbocycles. The summed E-state index contributed by atoms with van der Waals surface area (Å²) >= 11 is 5.76. The average Bonchev–Trinajstić information content (AvgIpc) is 3.00. The molecule has 0 spiro atoms. The van der Waals surface area contributed by atoms with Crippen LogP contribution in [-0.4, -0.2) is 47.6 Å². The number of aromatic nitrogens is 2. The molecule has 1 aromatic heterocycles. The molecule has 1 aromatic carbocycles. The number of nitrogens with zero attached hydrogens (tertiary/aromatic N) is 1. The third-order valence-corrected chi connectivity index (χ3v) is 3.50. The van der Waals surface area contributed by atoms with Crippen molar-refractivity contribution in [3.8, 4) is 11.3 Å². The third-order valence-electron chi connectivity index (χ3n) is 3.21. The SMILES string of the molecule is COCC(O)CCNC(=O)c1cn[nH]c1-c1ccc(F)c(Cl)c1. The van der Waals surface area contributed by atoms with Gasteiger partial charge in [0.1, 0.15) is 5.82 Å². The van der Waals surface area contributed by atoms with Gasteiger partial charge in [-0.1, -0.05) is 11.6 Å². The van der Waals surface area contributed by atoms with Crippen molar-refractivity contribution in [3.05, 3.63) is 40.8 Å². The van der Waals surface area contributed by atoms with E-state index in [0.29, 0.717) is 23.2 Å². The van der Waals surface area contributed by atoms with Crippen LogP contribution in [0.15, 0.2) is 24.4 Å². The number of aliphatic hydroxyl groups is 1. The molecule has 0 radical (unpaired) electrons. The Morgan fingerprint density at radius 1 is 1.57 bits per heavy atom. The van der Waals surface area contributed by atoms with E-state index in [1.165, 1.54) is 31.5 Å². The van der Waals surface area contributed by atoms with Crippen molar-refractivity contribution in [2.45, 2.75) is 12.5 Å². The molecule has 0 saturated heterocycles. The predicted octanol–water partition coefficient (Wildman–Crippen LogP) is 2.00. The first kappa shape index (κ1) is 17.4. The first-order valence-corrected chi connectivity index (χ1v) is 7.34. The van der Waals surface area contributed by atoms with Gasteiger partial charge in [0.2, 0.25) is 0 Å². The molecule has 0 fully saturated rings. The van der Waals surface area contributed by atoms with Crippen LogP contribution < -0.4 is 5.32 Å². The van der Waals surface area contributed by atoms with Gasteiger partial charge in [-0.05, 0) is 24.6 Å². The topological polar surface area (TPSA) is 87.2 Å². The lowest BCUT2D eigenvalue weighted by Crippen LogP contribution is -2.28. The number of hydrogen-bond donors (Lipinski definition) is 3. The molecule has 0 bridgehead atoms. The maximum absolute atomic E-state index is 13.2. The van der Waals surface area contributed by atoms with Crippen molar-refractivity contribution >= 4 is 17.5 Å². The summed E-state index contributed by atoms with van der Waals surface area (Å²) in [6.07, 6.45) is 1.11. The van der Waals surface area contributed by atoms with E-state index < -0.39 is 11.9 Å². The summed E-state index contributed by atoms with van der Waals surface area (Å²) in [5, 5.41) is 18.7. The van der Waals surface area contributed by atoms with E-state index in [1.807, 2.05) is 0 Å². The van der Waals surface area contributed by atoms with Gasteiger partial charge >= 0.3 is 0 Å². The van der Waals surface area contributed by atoms with Crippen LogP contribution in [0.3, 0.4) is 0 Å². The highest BCUT2D eigenvalue weighted by Crippen LogP contribution is 2.25. The molecular formula is C15H17ClFN3O3. The first-order chi connectivity index (χ1) is 11.0. The number of aliphatic hydroxyl groups excluding tert-OH is 1. The molecule has 1 amide bonds. The van der Waals surface area contributed by atoms with Crippen LogP contribution in [0.4, 0.5) is 4.39 Å². The first-order valence-electron chi connectivity index (χ1n) is 6.97. The second kappa shape index (κ2) is 8.05. The molecule has 3 N–H and O–H groups in total. The number of nitrogens with one attached hydrogen (secondary N) is 2. The summed E-state index contributed by atoms with van der Waals surface area (Å²) in [5.41, 5.74) is 1.31. The smallest absolute Gasteiger partial charge is 0.255 e. The lowest BCUT2D eigenvalue weighted by molar-refractivity contribution is 0.0588. The minimum absolute atomic E-state index is 0.0360. The standard InChI is InChI=1S/C15H17ClFN3O3/c1-23-8-10(21)4-5-18-15(22)11-7-19-20-14(11)9-2-3-13(17)12(16)6-9/h2-3,6-7,10,21H,4-5,8H2,1H3,(H,18,22)(H,19,20). The van der Waals surface area contributed by atoms with Gasteiger partial charge in [0, 0.05) is 19.2 Å². The second-order valence-corrected chi connectivity index (χ2v) is 5.35. The summed E-state index contributed by atoms with van der Waals surface area (Å²) in [6.45, 7) is 0.499. The predicted molar refractivity (Wildman–Crippen MR) is 83.8 cm³/mol. The molecule has 1 heterocycles. The van der Waals surface area contributed by atoms with Crippen LogP contribution in [0.25, 0.3) is 11.3 Å². The van der Waals surface area contributed by atoms with Gasteiger partial charge in [0.05, 0.1) is 35.2 Å². The Kier molecular flexibility index (Phi) is 6.09. The Bertz CT molecular complexity index is 678. The molecular weight excluding hydrogens is 325 g/mol. The molecule has 1 atom stereocenters. The average molecular weight is 342 g/mol. The largest absolute Gasteiger partial charge is 0.391 e. The molecule has 23 heavy (non-hydrogen) atoms. The van der Waals surface area contributed by atoms with E-state index in [9.17, 15) is 14.3 Å². The number of benzene rings is 1. The number of ether oxygens (including phenoxy) is 1. The molecule has 8 heteroatoms. The molecule has 6 nitrogen and oxygen atoms in total. The summed E-state index contributed by atoms with van der Waals surface area (Å²) < 4.78 is 18.0. The lowest BCUT2D eigenvalue weighted by atomic mass is 10.1. The van der Waals surface area contributed by atoms with Gasteiger partial charge in [-0.25, -0.2) is 4.39 Å². The second-order valence-electron chi connectivity index (χ2n) is 4.94. The zero-order valence-electron chi connectivity index (χ0n) is 12.5. The third kappa shape index (κ3) is 4.51. The van der Waals surface area contributed by atoms with Gasteiger partial charge < -0.3 is 15.2 Å². The van der Waals surface area contributed by atoms with Crippen molar-refractivity contribution < 1.29 is 19.0 Å². The number of amides is 1. The van der Waals surface area contributed by atoms with Gasteiger partial charge in [-0.2, -0.15) is 5.10 Å². The Labute approximate surface area is 137 Å². The fourth-order valence-corrected chi connectivity index (χ4v) is 2.23. The number of carbonyl (C=O) groups excluding carboxylic acids is 1. The van der Waals surface area contributed by atoms with Crippen molar-refractivity contribution in [2.75, 3.05) is 20.3 Å². The molecule has 0 aliphatic rings. The fraction of sp³-hybridized carbons (Fsp3) is 0.333. The highest BCUT2D eigenvalue weighted by molar-refractivity contribution is 6.31. The van der Waals surface area contributed by atoms with Crippen LogP contribution in [0.5, 0.6) is 0 Å². The van der Waals surface area contributed by atoms with Crippen molar-refractivity contribution in [2.24, 2.45) is 0 Å². The van der Waals surface area contributed by atoms with Crippen LogP contribution in [0, 0.1) is 5.82 Å². The summed E-state index contributed by atoms with van der Waals surface area (Å²) in [5.74, 6) is -0.883. The summed E-state index contributed by atoms with van der Waals surface area (Å²) in [4.78, 5) is 12.2. The lowest BCUT2D eigenvalue weighted by Gasteiger charge is -2.10. The van der Waals surface area contributed by atoms with E-state index in [4.69, 9.17) is 16.3 Å². The number of methoxy groups -OCH3 is 1. The number of halogens is 2. The van der Waals surface area contributed by atoms with E-state index >= 15 is 0 Å². The van der Waals surface area contributed by atoms with Crippen molar-refractivity contribution in [1.82, 2.24) is 15.5 Å². The Hall–Kier alpha value is -1.96. The highest BCUT2D eigenvalue weighted by Gasteiger charge is 2.16. The Morgan fingerprint density at radius 3 is 3.04 bits per heavy atom. The van der Waals surface area contributed by atoms with Gasteiger partial charge in [-0.15, -0.1) is 0 Å². The van der Waals surface area contributed by atoms with Crippen LogP contribution in [-0.2, 0) is 4.74 Å². The van der Waals surface area contributed by atoms with E-state index in [1.54, 1.807) is 0 Å². The van der Waals surface area contributed by atoms with E-state index in [0.717, 1.165) is 0 Å².